The second-order valence-electron chi connectivity index (χ2n) is 14.8. The third-order valence-electron chi connectivity index (χ3n) is 10.3. The van der Waals surface area contributed by atoms with Crippen molar-refractivity contribution in [3.63, 3.8) is 0 Å². The minimum absolute atomic E-state index is 0. The number of fused-ring (bicyclic) bond motifs is 2. The fourth-order valence-electron chi connectivity index (χ4n) is 6.92. The number of aliphatic hydroxyl groups is 2. The highest BCUT2D eigenvalue weighted by molar-refractivity contribution is 6.03. The van der Waals surface area contributed by atoms with Crippen LogP contribution in [0, 0.1) is 23.7 Å². The van der Waals surface area contributed by atoms with Crippen LogP contribution in [-0.2, 0) is 26.7 Å². The van der Waals surface area contributed by atoms with Gasteiger partial charge in [-0.1, -0.05) is 31.1 Å². The van der Waals surface area contributed by atoms with E-state index in [0.29, 0.717) is 5.39 Å². The maximum Gasteiger partial charge on any atom is 0.416 e. The molecule has 2 aliphatic rings. The van der Waals surface area contributed by atoms with Gasteiger partial charge in [0.05, 0.1) is 40.4 Å². The van der Waals surface area contributed by atoms with Crippen molar-refractivity contribution in [2.75, 3.05) is 34.3 Å². The van der Waals surface area contributed by atoms with Crippen molar-refractivity contribution in [1.29, 1.82) is 0 Å². The molecule has 2 aliphatic heterocycles. The molecule has 0 radical (unpaired) electrons. The van der Waals surface area contributed by atoms with E-state index in [1.54, 1.807) is 18.2 Å². The van der Waals surface area contributed by atoms with Crippen LogP contribution in [0.3, 0.4) is 0 Å². The summed E-state index contributed by atoms with van der Waals surface area (Å²) in [6, 6.07) is 12.1. The van der Waals surface area contributed by atoms with Gasteiger partial charge in [0, 0.05) is 63.5 Å². The second kappa shape index (κ2) is 17.6. The Morgan fingerprint density at radius 1 is 0.712 bits per heavy atom. The number of carbonyl (C=O) groups is 4. The first-order chi connectivity index (χ1) is 30.5. The lowest BCUT2D eigenvalue weighted by Gasteiger charge is -2.13. The van der Waals surface area contributed by atoms with Crippen LogP contribution in [0.5, 0.6) is 0 Å². The Bertz CT molecular complexity index is 3070. The van der Waals surface area contributed by atoms with Crippen molar-refractivity contribution < 1.29 is 60.5 Å². The molecule has 16 nitrogen and oxygen atoms in total. The van der Waals surface area contributed by atoms with E-state index in [1.165, 1.54) is 54.5 Å². The number of nitrogens with two attached hydrogens (primary N) is 1. The molecule has 2 atom stereocenters. The van der Waals surface area contributed by atoms with Gasteiger partial charge in [-0.15, -0.1) is 0 Å². The number of ether oxygens (including phenoxy) is 1. The second-order valence-corrected chi connectivity index (χ2v) is 14.8. The SMILES string of the molecule is C.CN1CC[C@@](O)(C#Cc2cc(-n3nc(C(N)=O)c4cccnc43)cc(C(F)(F)F)c2)C1=O.COC(=O)c1nn(-c2cc(C#C[C@]3(O)CCN(C)C3=O)cc(C(F)(F)F)c2)c2ncccc12. The van der Waals surface area contributed by atoms with Crippen molar-refractivity contribution in [3.8, 4) is 35.1 Å². The number of alkyl halides is 6. The zero-order valence-electron chi connectivity index (χ0n) is 34.1. The molecule has 6 heterocycles. The van der Waals surface area contributed by atoms with Gasteiger partial charge in [-0.2, -0.15) is 36.5 Å². The molecule has 0 unspecified atom stereocenters. The lowest BCUT2D eigenvalue weighted by molar-refractivity contribution is -0.138. The number of primary amides is 1. The van der Waals surface area contributed by atoms with Crippen LogP contribution < -0.4 is 5.73 Å². The molecule has 0 bridgehead atoms. The number of amides is 3. The lowest BCUT2D eigenvalue weighted by atomic mass is 10.0. The number of esters is 1. The number of benzene rings is 2. The summed E-state index contributed by atoms with van der Waals surface area (Å²) < 4.78 is 88.4. The highest BCUT2D eigenvalue weighted by Crippen LogP contribution is 2.34. The number of halogens is 6. The van der Waals surface area contributed by atoms with Gasteiger partial charge < -0.3 is 30.5 Å². The molecule has 22 heteroatoms. The van der Waals surface area contributed by atoms with Crippen LogP contribution in [0.2, 0.25) is 0 Å². The Balaban J connectivity index is 0.000000215. The van der Waals surface area contributed by atoms with Crippen molar-refractivity contribution >= 4 is 45.8 Å². The van der Waals surface area contributed by atoms with E-state index >= 15 is 0 Å². The van der Waals surface area contributed by atoms with Gasteiger partial charge in [0.15, 0.2) is 22.7 Å². The zero-order valence-corrected chi connectivity index (χ0v) is 34.1. The number of methoxy groups -OCH3 is 1. The van der Waals surface area contributed by atoms with Crippen molar-refractivity contribution in [3.05, 3.63) is 107 Å². The van der Waals surface area contributed by atoms with Crippen molar-refractivity contribution in [1.82, 2.24) is 39.3 Å². The predicted molar refractivity (Wildman–Crippen MR) is 222 cm³/mol. The van der Waals surface area contributed by atoms with Crippen LogP contribution in [0.25, 0.3) is 33.4 Å². The Kier molecular flexibility index (Phi) is 12.7. The fourth-order valence-corrected chi connectivity index (χ4v) is 6.92. The standard InChI is InChI=1S/C22H17F3N4O4.C21H16F3N5O3.CH4/c1-28-9-7-21(32,20(28)31)6-5-13-10-14(22(23,24)25)12-15(11-13)29-18-16(4-3-8-26-18)17(27-29)19(30)33-2;1-28-8-6-20(32,19(28)31)5-4-12-9-13(21(22,23)24)11-14(10-12)29-18-15(3-2-7-26-18)16(27-29)17(25)30;/h3-4,8,10-12,32H,7,9H2,1-2H3;2-3,7,9-11,32H,6,8H2,1H3,(H2,25,30);1H4/t21-;20-;/m00./s1. The molecule has 4 aromatic heterocycles. The summed E-state index contributed by atoms with van der Waals surface area (Å²) in [6.07, 6.45) is -6.54. The number of hydrogen-bond acceptors (Lipinski definition) is 11. The largest absolute Gasteiger partial charge is 0.464 e. The van der Waals surface area contributed by atoms with Gasteiger partial charge >= 0.3 is 18.3 Å². The van der Waals surface area contributed by atoms with Crippen LogP contribution in [0.1, 0.15) is 63.5 Å². The summed E-state index contributed by atoms with van der Waals surface area (Å²) in [4.78, 5) is 58.9. The van der Waals surface area contributed by atoms with E-state index in [-0.39, 0.29) is 83.9 Å². The fraction of sp³-hybridized carbons (Fsp3) is 0.273. The van der Waals surface area contributed by atoms with Crippen molar-refractivity contribution in [2.24, 2.45) is 5.73 Å². The van der Waals surface area contributed by atoms with Gasteiger partial charge in [0.25, 0.3) is 17.7 Å². The summed E-state index contributed by atoms with van der Waals surface area (Å²) >= 11 is 0. The van der Waals surface area contributed by atoms with Gasteiger partial charge in [-0.25, -0.2) is 24.1 Å². The quantitative estimate of drug-likeness (QED) is 0.129. The Morgan fingerprint density at radius 3 is 1.48 bits per heavy atom. The molecule has 0 spiro atoms. The molecule has 3 amide bonds. The summed E-state index contributed by atoms with van der Waals surface area (Å²) in [5.74, 6) is 6.90. The number of pyridine rings is 2. The molecule has 342 valence electrons. The van der Waals surface area contributed by atoms with E-state index < -0.39 is 58.4 Å². The molecular formula is C44H37F6N9O7. The first-order valence-corrected chi connectivity index (χ1v) is 19.1. The highest BCUT2D eigenvalue weighted by atomic mass is 19.4. The zero-order chi connectivity index (χ0) is 47.2. The number of hydrogen-bond donors (Lipinski definition) is 3. The summed E-state index contributed by atoms with van der Waals surface area (Å²) in [5, 5.41) is 29.7. The predicted octanol–water partition coefficient (Wildman–Crippen LogP) is 4.29. The molecule has 2 fully saturated rings. The van der Waals surface area contributed by atoms with Crippen molar-refractivity contribution in [2.45, 2.75) is 43.8 Å². The molecule has 66 heavy (non-hydrogen) atoms. The summed E-state index contributed by atoms with van der Waals surface area (Å²) in [5.41, 5.74) is -0.964. The van der Waals surface area contributed by atoms with E-state index in [2.05, 4.69) is 43.8 Å². The van der Waals surface area contributed by atoms with Crippen LogP contribution in [0.4, 0.5) is 26.3 Å². The molecule has 0 aliphatic carbocycles. The van der Waals surface area contributed by atoms with Gasteiger partial charge in [0.2, 0.25) is 11.2 Å². The topological polar surface area (TPSA) is 212 Å². The van der Waals surface area contributed by atoms with Crippen LogP contribution in [0.15, 0.2) is 73.1 Å². The van der Waals surface area contributed by atoms with E-state index in [9.17, 15) is 55.7 Å². The molecular weight excluding hydrogens is 881 g/mol. The average molecular weight is 918 g/mol. The molecule has 4 N–H and O–H groups in total. The summed E-state index contributed by atoms with van der Waals surface area (Å²) in [7, 11) is 4.16. The van der Waals surface area contributed by atoms with E-state index in [1.807, 2.05) is 0 Å². The molecule has 8 rings (SSSR count). The Morgan fingerprint density at radius 2 is 1.12 bits per heavy atom. The maximum absolute atomic E-state index is 13.6. The molecule has 0 saturated carbocycles. The lowest BCUT2D eigenvalue weighted by Crippen LogP contribution is -2.37. The smallest absolute Gasteiger partial charge is 0.416 e. The monoisotopic (exact) mass is 917 g/mol. The van der Waals surface area contributed by atoms with Crippen LogP contribution >= 0.6 is 0 Å². The average Bonchev–Trinajstić information content (AvgIpc) is 4.00. The molecule has 2 aromatic carbocycles. The first kappa shape index (κ1) is 47.7. The van der Waals surface area contributed by atoms with Gasteiger partial charge in [-0.3, -0.25) is 14.4 Å². The van der Waals surface area contributed by atoms with Gasteiger partial charge in [-0.05, 0) is 60.7 Å². The highest BCUT2D eigenvalue weighted by Gasteiger charge is 2.43. The minimum Gasteiger partial charge on any atom is -0.464 e. The third kappa shape index (κ3) is 9.22. The maximum atomic E-state index is 13.6. The Hall–Kier alpha value is -7.82. The number of aromatic nitrogens is 6. The minimum atomic E-state index is -4.71. The number of likely N-dealkylation sites (N-methyl/N-ethyl adjacent to an activating group) is 2. The third-order valence-corrected chi connectivity index (χ3v) is 10.3. The molecule has 6 aromatic rings. The molecule has 2 saturated heterocycles. The van der Waals surface area contributed by atoms with E-state index in [0.717, 1.165) is 40.7 Å². The number of rotatable bonds is 4. The number of likely N-dealkylation sites (tertiary alicyclic amines) is 2. The Labute approximate surface area is 370 Å². The number of nitrogens with zero attached hydrogens (tertiary/aromatic N) is 8. The number of carbonyl (C=O) groups excluding carboxylic acids is 4. The summed E-state index contributed by atoms with van der Waals surface area (Å²) in [6.45, 7) is 0.553. The van der Waals surface area contributed by atoms with Gasteiger partial charge in [0.1, 0.15) is 0 Å². The normalized spacial score (nSPS) is 18.2. The van der Waals surface area contributed by atoms with Crippen LogP contribution in [-0.4, -0.2) is 119 Å². The first-order valence-electron chi connectivity index (χ1n) is 19.1. The van der Waals surface area contributed by atoms with E-state index in [4.69, 9.17) is 10.5 Å².